The Morgan fingerprint density at radius 2 is 2.22 bits per heavy atom. The number of amides is 1. The zero-order valence-corrected chi connectivity index (χ0v) is 5.37. The highest BCUT2D eigenvalue weighted by Gasteiger charge is 2.10. The van der Waals surface area contributed by atoms with Crippen molar-refractivity contribution in [1.82, 2.24) is 0 Å². The molecule has 1 amide bonds. The van der Waals surface area contributed by atoms with Gasteiger partial charge in [-0.3, -0.25) is 4.79 Å². The molecule has 0 aromatic heterocycles. The van der Waals surface area contributed by atoms with Gasteiger partial charge in [-0.25, -0.2) is 0 Å². The summed E-state index contributed by atoms with van der Waals surface area (Å²) in [6.45, 7) is 1.56. The number of primary amides is 1. The smallest absolute Gasteiger partial charge is 0.234 e. The summed E-state index contributed by atoms with van der Waals surface area (Å²) in [5, 5.41) is 8.68. The van der Waals surface area contributed by atoms with Crippen molar-refractivity contribution in [2.45, 2.75) is 25.5 Å². The van der Waals surface area contributed by atoms with Gasteiger partial charge in [0.05, 0.1) is 12.1 Å². The van der Waals surface area contributed by atoms with Crippen LogP contribution in [-0.4, -0.2) is 23.2 Å². The van der Waals surface area contributed by atoms with E-state index in [0.29, 0.717) is 0 Å². The summed E-state index contributed by atoms with van der Waals surface area (Å²) < 4.78 is 0. The van der Waals surface area contributed by atoms with Crippen LogP contribution in [-0.2, 0) is 4.79 Å². The predicted molar refractivity (Wildman–Crippen MR) is 33.5 cm³/mol. The summed E-state index contributed by atoms with van der Waals surface area (Å²) in [6.07, 6.45) is -0.331. The van der Waals surface area contributed by atoms with Crippen molar-refractivity contribution in [3.05, 3.63) is 0 Å². The molecular formula is C5H12N2O2. The Morgan fingerprint density at radius 3 is 2.33 bits per heavy atom. The van der Waals surface area contributed by atoms with E-state index in [1.807, 2.05) is 0 Å². The Morgan fingerprint density at radius 1 is 1.78 bits per heavy atom. The van der Waals surface area contributed by atoms with Crippen LogP contribution in [0.25, 0.3) is 0 Å². The van der Waals surface area contributed by atoms with Crippen LogP contribution in [0.15, 0.2) is 0 Å². The maximum Gasteiger partial charge on any atom is 0.234 e. The zero-order chi connectivity index (χ0) is 7.44. The number of aliphatic hydroxyl groups is 1. The fraction of sp³-hybridized carbons (Fsp3) is 0.800. The van der Waals surface area contributed by atoms with E-state index in [9.17, 15) is 4.79 Å². The first kappa shape index (κ1) is 8.39. The molecule has 0 fully saturated rings. The monoisotopic (exact) mass is 132 g/mol. The topological polar surface area (TPSA) is 89.3 Å². The summed E-state index contributed by atoms with van der Waals surface area (Å²) in [5.74, 6) is -0.573. The van der Waals surface area contributed by atoms with Gasteiger partial charge in [-0.15, -0.1) is 0 Å². The van der Waals surface area contributed by atoms with Crippen molar-refractivity contribution >= 4 is 5.91 Å². The maximum absolute atomic E-state index is 10.2. The fourth-order valence-electron chi connectivity index (χ4n) is 0.484. The molecule has 5 N–H and O–H groups in total. The van der Waals surface area contributed by atoms with Crippen LogP contribution in [0.3, 0.4) is 0 Å². The highest BCUT2D eigenvalue weighted by molar-refractivity contribution is 5.79. The van der Waals surface area contributed by atoms with Crippen LogP contribution in [0.4, 0.5) is 0 Å². The van der Waals surface area contributed by atoms with Crippen LogP contribution in [0, 0.1) is 0 Å². The quantitative estimate of drug-likeness (QED) is 0.439. The molecule has 54 valence electrons. The average Bonchev–Trinajstić information content (AvgIpc) is 1.63. The fourth-order valence-corrected chi connectivity index (χ4v) is 0.484. The number of carbonyl (C=O) groups is 1. The third-order valence-electron chi connectivity index (χ3n) is 0.960. The molecule has 0 aliphatic heterocycles. The minimum Gasteiger partial charge on any atom is -0.393 e. The first-order chi connectivity index (χ1) is 4.04. The summed E-state index contributed by atoms with van der Waals surface area (Å²) in [5.41, 5.74) is 9.99. The molecule has 0 aromatic carbocycles. The highest BCUT2D eigenvalue weighted by Crippen LogP contribution is 1.92. The molecule has 0 aliphatic carbocycles. The van der Waals surface area contributed by atoms with Gasteiger partial charge in [-0.05, 0) is 13.3 Å². The molecule has 0 saturated carbocycles. The minimum atomic E-state index is -0.718. The average molecular weight is 132 g/mol. The van der Waals surface area contributed by atoms with Crippen molar-refractivity contribution in [3.8, 4) is 0 Å². The van der Waals surface area contributed by atoms with E-state index in [-0.39, 0.29) is 6.42 Å². The van der Waals surface area contributed by atoms with Crippen LogP contribution < -0.4 is 11.5 Å². The highest BCUT2D eigenvalue weighted by atomic mass is 16.3. The summed E-state index contributed by atoms with van der Waals surface area (Å²) >= 11 is 0. The van der Waals surface area contributed by atoms with E-state index < -0.39 is 18.1 Å². The number of hydrogen-bond donors (Lipinski definition) is 3. The molecule has 0 aliphatic rings. The molecule has 0 radical (unpaired) electrons. The number of hydrogen-bond acceptors (Lipinski definition) is 3. The molecule has 0 heterocycles. The largest absolute Gasteiger partial charge is 0.393 e. The van der Waals surface area contributed by atoms with Gasteiger partial charge < -0.3 is 16.6 Å². The standard InChI is InChI=1S/C5H12N2O2/c1-3(8)2-4(6)5(7)9/h3-4,8H,2,6H2,1H3,(H2,7,9). The van der Waals surface area contributed by atoms with Crippen molar-refractivity contribution in [1.29, 1.82) is 0 Å². The molecule has 0 rings (SSSR count). The first-order valence-electron chi connectivity index (χ1n) is 2.77. The third-order valence-corrected chi connectivity index (χ3v) is 0.960. The summed E-state index contributed by atoms with van der Waals surface area (Å²) in [6, 6.07) is -0.718. The lowest BCUT2D eigenvalue weighted by Crippen LogP contribution is -2.38. The Bertz CT molecular complexity index is 103. The van der Waals surface area contributed by atoms with E-state index in [1.165, 1.54) is 0 Å². The van der Waals surface area contributed by atoms with Gasteiger partial charge in [0.15, 0.2) is 0 Å². The molecule has 0 spiro atoms. The molecule has 9 heavy (non-hydrogen) atoms. The SMILES string of the molecule is CC(O)CC(N)C(N)=O. The molecule has 2 unspecified atom stereocenters. The zero-order valence-electron chi connectivity index (χ0n) is 5.37. The van der Waals surface area contributed by atoms with E-state index >= 15 is 0 Å². The maximum atomic E-state index is 10.2. The van der Waals surface area contributed by atoms with Crippen LogP contribution in [0.5, 0.6) is 0 Å². The molecule has 0 saturated heterocycles. The van der Waals surface area contributed by atoms with Gasteiger partial charge in [0.2, 0.25) is 5.91 Å². The van der Waals surface area contributed by atoms with Gasteiger partial charge in [-0.2, -0.15) is 0 Å². The van der Waals surface area contributed by atoms with Gasteiger partial charge in [0, 0.05) is 0 Å². The normalized spacial score (nSPS) is 16.8. The Balaban J connectivity index is 3.50. The molecule has 0 aromatic rings. The number of rotatable bonds is 3. The van der Waals surface area contributed by atoms with Crippen LogP contribution in [0.2, 0.25) is 0 Å². The second-order valence-electron chi connectivity index (χ2n) is 2.09. The lowest BCUT2D eigenvalue weighted by molar-refractivity contribution is -0.119. The molecule has 4 heteroatoms. The molecule has 2 atom stereocenters. The Hall–Kier alpha value is -0.610. The summed E-state index contributed by atoms with van der Waals surface area (Å²) in [4.78, 5) is 10.2. The molecule has 0 bridgehead atoms. The van der Waals surface area contributed by atoms with Gasteiger partial charge in [0.25, 0.3) is 0 Å². The van der Waals surface area contributed by atoms with Crippen LogP contribution in [0.1, 0.15) is 13.3 Å². The first-order valence-corrected chi connectivity index (χ1v) is 2.77. The van der Waals surface area contributed by atoms with E-state index in [2.05, 4.69) is 0 Å². The van der Waals surface area contributed by atoms with Crippen molar-refractivity contribution < 1.29 is 9.90 Å². The van der Waals surface area contributed by atoms with Crippen LogP contribution >= 0.6 is 0 Å². The van der Waals surface area contributed by atoms with Crippen molar-refractivity contribution in [2.24, 2.45) is 11.5 Å². The molecule has 4 nitrogen and oxygen atoms in total. The van der Waals surface area contributed by atoms with E-state index in [0.717, 1.165) is 0 Å². The predicted octanol–water partition coefficient (Wildman–Crippen LogP) is -1.43. The Kier molecular flexibility index (Phi) is 3.19. The third kappa shape index (κ3) is 3.93. The van der Waals surface area contributed by atoms with Gasteiger partial charge in [0.1, 0.15) is 0 Å². The van der Waals surface area contributed by atoms with Gasteiger partial charge >= 0.3 is 0 Å². The van der Waals surface area contributed by atoms with E-state index in [4.69, 9.17) is 16.6 Å². The number of aliphatic hydroxyl groups excluding tert-OH is 1. The van der Waals surface area contributed by atoms with E-state index in [1.54, 1.807) is 6.92 Å². The minimum absolute atomic E-state index is 0.231. The van der Waals surface area contributed by atoms with Crippen molar-refractivity contribution in [2.75, 3.05) is 0 Å². The van der Waals surface area contributed by atoms with Gasteiger partial charge in [-0.1, -0.05) is 0 Å². The second-order valence-corrected chi connectivity index (χ2v) is 2.09. The lowest BCUT2D eigenvalue weighted by atomic mass is 10.1. The Labute approximate surface area is 53.8 Å². The second kappa shape index (κ2) is 3.42. The number of nitrogens with two attached hydrogens (primary N) is 2. The van der Waals surface area contributed by atoms with Crippen molar-refractivity contribution in [3.63, 3.8) is 0 Å². The number of carbonyl (C=O) groups excluding carboxylic acids is 1. The lowest BCUT2D eigenvalue weighted by Gasteiger charge is -2.07. The molecular weight excluding hydrogens is 120 g/mol. The summed E-state index contributed by atoms with van der Waals surface area (Å²) in [7, 11) is 0.